The number of benzene rings is 2. The Hall–Kier alpha value is -2.87. The van der Waals surface area contributed by atoms with Crippen LogP contribution in [0.25, 0.3) is 0 Å². The van der Waals surface area contributed by atoms with Gasteiger partial charge in [-0.25, -0.2) is 0 Å². The molecule has 0 saturated carbocycles. The molecule has 0 spiro atoms. The van der Waals surface area contributed by atoms with Crippen molar-refractivity contribution in [1.29, 1.82) is 5.26 Å². The number of ether oxygens (including phenoxy) is 1. The molecule has 0 unspecified atom stereocenters. The number of unbranched alkanes of at least 4 members (excludes halogenated alkanes) is 3. The summed E-state index contributed by atoms with van der Waals surface area (Å²) in [5, 5.41) is 24.8. The second kappa shape index (κ2) is 9.31. The molecule has 5 heteroatoms. The molecule has 2 rings (SSSR count). The first-order valence-corrected chi connectivity index (χ1v) is 8.15. The van der Waals surface area contributed by atoms with Gasteiger partial charge in [-0.05, 0) is 42.8 Å². The quantitative estimate of drug-likeness (QED) is 0.281. The molecule has 0 saturated heterocycles. The summed E-state index contributed by atoms with van der Waals surface area (Å²) in [7, 11) is 0. The Kier molecular flexibility index (Phi) is 6.78. The van der Waals surface area contributed by atoms with Gasteiger partial charge in [0.1, 0.15) is 11.4 Å². The van der Waals surface area contributed by atoms with Crippen LogP contribution in [0.2, 0.25) is 0 Å². The van der Waals surface area contributed by atoms with Crippen molar-refractivity contribution in [3.63, 3.8) is 0 Å². The van der Waals surface area contributed by atoms with Gasteiger partial charge in [0.05, 0.1) is 18.2 Å². The molecular weight excluding hydrogens is 302 g/mol. The van der Waals surface area contributed by atoms with Gasteiger partial charge in [0, 0.05) is 17.2 Å². The molecule has 0 N–H and O–H groups in total. The Morgan fingerprint density at radius 2 is 1.75 bits per heavy atom. The van der Waals surface area contributed by atoms with Crippen molar-refractivity contribution in [3.05, 3.63) is 59.3 Å². The maximum absolute atomic E-state index is 12.1. The Balaban J connectivity index is 1.93. The number of nitrogens with zero attached hydrogens (tertiary/aromatic N) is 3. The molecule has 0 radical (unpaired) electrons. The summed E-state index contributed by atoms with van der Waals surface area (Å²) in [6.45, 7) is 2.87. The minimum Gasteiger partial charge on any atom is -0.594 e. The minimum absolute atomic E-state index is 0.428. The van der Waals surface area contributed by atoms with E-state index in [1.165, 1.54) is 19.3 Å². The smallest absolute Gasteiger partial charge is 0.245 e. The summed E-state index contributed by atoms with van der Waals surface area (Å²) in [4.78, 5) is 0.562. The number of hydrogen-bond acceptors (Lipinski definition) is 4. The fourth-order valence-corrected chi connectivity index (χ4v) is 2.15. The molecule has 0 aliphatic rings. The van der Waals surface area contributed by atoms with Crippen molar-refractivity contribution in [3.8, 4) is 11.8 Å². The molecular formula is C19H21N3O2. The summed E-state index contributed by atoms with van der Waals surface area (Å²) in [6, 6.07) is 15.5. The van der Waals surface area contributed by atoms with Crippen LogP contribution in [0, 0.1) is 16.5 Å². The van der Waals surface area contributed by atoms with Gasteiger partial charge in [-0.3, -0.25) is 0 Å². The van der Waals surface area contributed by atoms with E-state index in [-0.39, 0.29) is 0 Å². The zero-order valence-electron chi connectivity index (χ0n) is 13.8. The lowest BCUT2D eigenvalue weighted by Gasteiger charge is -2.06. The highest BCUT2D eigenvalue weighted by Crippen LogP contribution is 2.21. The third kappa shape index (κ3) is 5.40. The summed E-state index contributed by atoms with van der Waals surface area (Å²) in [5.74, 6) is 0.752. The molecule has 5 nitrogen and oxygen atoms in total. The maximum atomic E-state index is 12.1. The van der Waals surface area contributed by atoms with Crippen LogP contribution in [0.5, 0.6) is 5.75 Å². The van der Waals surface area contributed by atoms with Gasteiger partial charge >= 0.3 is 0 Å². The molecule has 2 aromatic carbocycles. The van der Waals surface area contributed by atoms with Gasteiger partial charge in [-0.2, -0.15) is 5.26 Å². The second-order valence-electron chi connectivity index (χ2n) is 5.43. The Labute approximate surface area is 142 Å². The molecule has 2 aromatic rings. The highest BCUT2D eigenvalue weighted by Gasteiger charge is 2.05. The molecule has 0 amide bonds. The lowest BCUT2D eigenvalue weighted by molar-refractivity contribution is -0.435. The van der Waals surface area contributed by atoms with E-state index in [4.69, 9.17) is 10.00 Å². The number of hydrogen-bond donors (Lipinski definition) is 0. The number of nitriles is 1. The van der Waals surface area contributed by atoms with Crippen molar-refractivity contribution in [1.82, 2.24) is 0 Å². The van der Waals surface area contributed by atoms with Crippen LogP contribution in [0.1, 0.15) is 38.2 Å². The van der Waals surface area contributed by atoms with E-state index in [0.717, 1.165) is 12.2 Å². The Bertz CT molecular complexity index is 701. The zero-order chi connectivity index (χ0) is 17.2. The SMILES string of the molecule is CCCCCCOc1ccc([N+]([O-])=Nc2ccc(C#N)cc2)cc1. The van der Waals surface area contributed by atoms with Gasteiger partial charge in [-0.15, -0.1) is 0 Å². The van der Waals surface area contributed by atoms with E-state index in [1.54, 1.807) is 48.5 Å². The summed E-state index contributed by atoms with van der Waals surface area (Å²) >= 11 is 0. The van der Waals surface area contributed by atoms with Crippen LogP contribution in [0.3, 0.4) is 0 Å². The molecule has 0 aromatic heterocycles. The van der Waals surface area contributed by atoms with E-state index >= 15 is 0 Å². The fraction of sp³-hybridized carbons (Fsp3) is 0.316. The lowest BCUT2D eigenvalue weighted by Crippen LogP contribution is -1.97. The van der Waals surface area contributed by atoms with Crippen LogP contribution < -0.4 is 4.74 Å². The lowest BCUT2D eigenvalue weighted by atomic mass is 10.2. The predicted molar refractivity (Wildman–Crippen MR) is 92.6 cm³/mol. The van der Waals surface area contributed by atoms with Gasteiger partial charge < -0.3 is 9.94 Å². The third-order valence-electron chi connectivity index (χ3n) is 3.53. The summed E-state index contributed by atoms with van der Waals surface area (Å²) in [6.07, 6.45) is 4.64. The van der Waals surface area contributed by atoms with Gasteiger partial charge in [0.2, 0.25) is 5.69 Å². The van der Waals surface area contributed by atoms with Crippen molar-refractivity contribution in [2.45, 2.75) is 32.6 Å². The molecule has 0 fully saturated rings. The maximum Gasteiger partial charge on any atom is 0.245 e. The van der Waals surface area contributed by atoms with Crippen molar-refractivity contribution in [2.24, 2.45) is 5.11 Å². The van der Waals surface area contributed by atoms with Gasteiger partial charge in [0.15, 0.2) is 0 Å². The van der Waals surface area contributed by atoms with Gasteiger partial charge in [0.25, 0.3) is 0 Å². The Morgan fingerprint density at radius 1 is 1.04 bits per heavy atom. The summed E-state index contributed by atoms with van der Waals surface area (Å²) in [5.41, 5.74) is 1.46. The minimum atomic E-state index is 0.428. The van der Waals surface area contributed by atoms with Crippen LogP contribution >= 0.6 is 0 Å². The Morgan fingerprint density at radius 3 is 2.38 bits per heavy atom. The first-order valence-electron chi connectivity index (χ1n) is 8.15. The van der Waals surface area contributed by atoms with E-state index in [2.05, 4.69) is 12.0 Å². The zero-order valence-corrected chi connectivity index (χ0v) is 13.8. The number of rotatable bonds is 8. The average Bonchev–Trinajstić information content (AvgIpc) is 2.62. The fourth-order valence-electron chi connectivity index (χ4n) is 2.15. The van der Waals surface area contributed by atoms with E-state index in [1.807, 2.05) is 6.07 Å². The van der Waals surface area contributed by atoms with Crippen LogP contribution in [-0.2, 0) is 0 Å². The largest absolute Gasteiger partial charge is 0.594 e. The second-order valence-corrected chi connectivity index (χ2v) is 5.43. The molecule has 0 bridgehead atoms. The highest BCUT2D eigenvalue weighted by atomic mass is 16.5. The molecule has 124 valence electrons. The van der Waals surface area contributed by atoms with Crippen molar-refractivity contribution in [2.75, 3.05) is 6.61 Å². The van der Waals surface area contributed by atoms with Gasteiger partial charge in [-0.1, -0.05) is 31.0 Å². The standard InChI is InChI=1S/C19H21N3O2/c1-2-3-4-5-14-24-19-12-10-18(11-13-19)22(23)21-17-8-6-16(15-20)7-9-17/h6-13H,2-5,14H2,1H3. The monoisotopic (exact) mass is 323 g/mol. The topological polar surface area (TPSA) is 71.4 Å². The first kappa shape index (κ1) is 17.5. The van der Waals surface area contributed by atoms with E-state index in [9.17, 15) is 5.21 Å². The van der Waals surface area contributed by atoms with Crippen molar-refractivity contribution < 1.29 is 9.60 Å². The third-order valence-corrected chi connectivity index (χ3v) is 3.53. The molecule has 24 heavy (non-hydrogen) atoms. The first-order chi connectivity index (χ1) is 11.7. The molecule has 0 heterocycles. The van der Waals surface area contributed by atoms with Crippen LogP contribution in [-0.4, -0.2) is 11.5 Å². The highest BCUT2D eigenvalue weighted by molar-refractivity contribution is 5.42. The van der Waals surface area contributed by atoms with Crippen LogP contribution in [0.4, 0.5) is 11.4 Å². The predicted octanol–water partition coefficient (Wildman–Crippen LogP) is 5.44. The average molecular weight is 323 g/mol. The number of azo groups is 1. The molecule has 0 atom stereocenters. The van der Waals surface area contributed by atoms with Crippen molar-refractivity contribution >= 4 is 11.4 Å². The molecule has 0 aliphatic carbocycles. The normalized spacial score (nSPS) is 11.1. The van der Waals surface area contributed by atoms with Crippen LogP contribution in [0.15, 0.2) is 53.6 Å². The van der Waals surface area contributed by atoms with E-state index in [0.29, 0.717) is 28.4 Å². The van der Waals surface area contributed by atoms with E-state index < -0.39 is 0 Å². The summed E-state index contributed by atoms with van der Waals surface area (Å²) < 4.78 is 5.65. The molecule has 0 aliphatic heterocycles.